The summed E-state index contributed by atoms with van der Waals surface area (Å²) < 4.78 is 6.04. The van der Waals surface area contributed by atoms with Gasteiger partial charge in [0, 0.05) is 17.0 Å². The molecule has 4 heteroatoms. The highest BCUT2D eigenvalue weighted by Crippen LogP contribution is 2.30. The Morgan fingerprint density at radius 2 is 1.95 bits per heavy atom. The second-order valence-electron chi connectivity index (χ2n) is 5.41. The van der Waals surface area contributed by atoms with Crippen molar-refractivity contribution in [2.24, 2.45) is 0 Å². The summed E-state index contributed by atoms with van der Waals surface area (Å²) in [5.41, 5.74) is 2.86. The number of hydrogen-bond acceptors (Lipinski definition) is 4. The fraction of sp³-hybridized carbons (Fsp3) is 0.278. The van der Waals surface area contributed by atoms with Crippen molar-refractivity contribution in [2.75, 3.05) is 20.4 Å². The van der Waals surface area contributed by atoms with E-state index in [1.54, 1.807) is 17.8 Å². The van der Waals surface area contributed by atoms with Gasteiger partial charge in [-0.2, -0.15) is 5.26 Å². The van der Waals surface area contributed by atoms with Crippen LogP contribution in [-0.2, 0) is 6.54 Å². The van der Waals surface area contributed by atoms with Crippen molar-refractivity contribution in [3.63, 3.8) is 0 Å². The Morgan fingerprint density at radius 3 is 2.55 bits per heavy atom. The highest BCUT2D eigenvalue weighted by Gasteiger charge is 2.09. The predicted molar refractivity (Wildman–Crippen MR) is 91.6 cm³/mol. The lowest BCUT2D eigenvalue weighted by Crippen LogP contribution is -2.11. The van der Waals surface area contributed by atoms with Gasteiger partial charge in [0.25, 0.3) is 0 Å². The summed E-state index contributed by atoms with van der Waals surface area (Å²) in [5, 5.41) is 9.06. The normalized spacial score (nSPS) is 10.5. The summed E-state index contributed by atoms with van der Waals surface area (Å²) in [5.74, 6) is 1.61. The van der Waals surface area contributed by atoms with Crippen LogP contribution in [0.2, 0.25) is 0 Å². The fourth-order valence-electron chi connectivity index (χ4n) is 2.25. The Bertz CT molecular complexity index is 705. The minimum atomic E-state index is 0.651. The molecule has 2 rings (SSSR count). The summed E-state index contributed by atoms with van der Waals surface area (Å²) in [4.78, 5) is 3.31. The number of aryl methyl sites for hydroxylation is 1. The largest absolute Gasteiger partial charge is 0.457 e. The zero-order valence-electron chi connectivity index (χ0n) is 13.4. The lowest BCUT2D eigenvalue weighted by Gasteiger charge is -2.16. The van der Waals surface area contributed by atoms with Crippen LogP contribution in [-0.4, -0.2) is 25.3 Å². The second kappa shape index (κ2) is 7.35. The summed E-state index contributed by atoms with van der Waals surface area (Å²) in [6, 6.07) is 13.8. The number of rotatable bonds is 5. The monoisotopic (exact) mass is 312 g/mol. The van der Waals surface area contributed by atoms with Gasteiger partial charge in [-0.05, 0) is 69.2 Å². The van der Waals surface area contributed by atoms with Gasteiger partial charge in [0.15, 0.2) is 0 Å². The van der Waals surface area contributed by atoms with Crippen molar-refractivity contribution in [3.8, 4) is 17.6 Å². The first kappa shape index (κ1) is 16.4. The number of nitrogens with zero attached hydrogens (tertiary/aromatic N) is 2. The van der Waals surface area contributed by atoms with E-state index < -0.39 is 0 Å². The van der Waals surface area contributed by atoms with Gasteiger partial charge in [0.1, 0.15) is 11.5 Å². The van der Waals surface area contributed by atoms with E-state index >= 15 is 0 Å². The Balaban J connectivity index is 2.32. The van der Waals surface area contributed by atoms with Crippen LogP contribution < -0.4 is 4.74 Å². The number of thioether (sulfide) groups is 1. The number of hydrogen-bond donors (Lipinski definition) is 0. The molecular formula is C18H20N2OS. The van der Waals surface area contributed by atoms with Gasteiger partial charge in [0.05, 0.1) is 11.6 Å². The van der Waals surface area contributed by atoms with Crippen LogP contribution in [0.3, 0.4) is 0 Å². The predicted octanol–water partition coefficient (Wildman–Crippen LogP) is 4.44. The molecule has 0 N–H and O–H groups in total. The molecule has 0 radical (unpaired) electrons. The number of ether oxygens (including phenoxy) is 1. The van der Waals surface area contributed by atoms with Crippen LogP contribution in [0.4, 0.5) is 0 Å². The van der Waals surface area contributed by atoms with E-state index in [0.29, 0.717) is 5.56 Å². The Kier molecular flexibility index (Phi) is 5.48. The molecule has 0 atom stereocenters. The molecule has 0 amide bonds. The molecule has 114 valence electrons. The first-order valence-corrected chi connectivity index (χ1v) is 8.26. The minimum absolute atomic E-state index is 0.651. The average molecular weight is 312 g/mol. The third-order valence-electron chi connectivity index (χ3n) is 3.27. The first-order valence-electron chi connectivity index (χ1n) is 7.03. The Labute approximate surface area is 136 Å². The fourth-order valence-corrected chi connectivity index (χ4v) is 2.84. The molecule has 0 saturated carbocycles. The van der Waals surface area contributed by atoms with Gasteiger partial charge in [-0.25, -0.2) is 0 Å². The topological polar surface area (TPSA) is 36.3 Å². The molecule has 2 aromatic rings. The number of nitriles is 1. The standard InChI is InChI=1S/C18H20N2OS/c1-13-9-16(6-8-18(13)22-4)21-17-7-5-14(11-19)10-15(17)12-20(2)3/h5-10H,12H2,1-4H3. The highest BCUT2D eigenvalue weighted by molar-refractivity contribution is 7.98. The minimum Gasteiger partial charge on any atom is -0.457 e. The molecule has 0 spiro atoms. The molecule has 0 aliphatic carbocycles. The van der Waals surface area contributed by atoms with Gasteiger partial charge < -0.3 is 9.64 Å². The van der Waals surface area contributed by atoms with E-state index in [1.165, 1.54) is 10.5 Å². The summed E-state index contributed by atoms with van der Waals surface area (Å²) in [6.07, 6.45) is 2.07. The quantitative estimate of drug-likeness (QED) is 0.765. The second-order valence-corrected chi connectivity index (χ2v) is 6.25. The average Bonchev–Trinajstić information content (AvgIpc) is 2.48. The Morgan fingerprint density at radius 1 is 1.18 bits per heavy atom. The molecule has 0 saturated heterocycles. The zero-order chi connectivity index (χ0) is 16.1. The van der Waals surface area contributed by atoms with E-state index in [2.05, 4.69) is 30.2 Å². The van der Waals surface area contributed by atoms with Crippen molar-refractivity contribution >= 4 is 11.8 Å². The summed E-state index contributed by atoms with van der Waals surface area (Å²) in [6.45, 7) is 2.81. The van der Waals surface area contributed by atoms with E-state index in [0.717, 1.165) is 23.6 Å². The van der Waals surface area contributed by atoms with Crippen LogP contribution >= 0.6 is 11.8 Å². The van der Waals surface area contributed by atoms with Crippen molar-refractivity contribution in [2.45, 2.75) is 18.4 Å². The zero-order valence-corrected chi connectivity index (χ0v) is 14.2. The molecule has 0 unspecified atom stereocenters. The summed E-state index contributed by atoms with van der Waals surface area (Å²) >= 11 is 1.73. The number of benzene rings is 2. The summed E-state index contributed by atoms with van der Waals surface area (Å²) in [7, 11) is 4.00. The highest BCUT2D eigenvalue weighted by atomic mass is 32.2. The maximum atomic E-state index is 9.06. The van der Waals surface area contributed by atoms with Crippen LogP contribution in [0.5, 0.6) is 11.5 Å². The molecular weight excluding hydrogens is 292 g/mol. The van der Waals surface area contributed by atoms with Crippen molar-refractivity contribution < 1.29 is 4.74 Å². The molecule has 0 heterocycles. The molecule has 3 nitrogen and oxygen atoms in total. The molecule has 2 aromatic carbocycles. The van der Waals surface area contributed by atoms with Crippen molar-refractivity contribution in [3.05, 3.63) is 53.1 Å². The SMILES string of the molecule is CSc1ccc(Oc2ccc(C#N)cc2CN(C)C)cc1C. The molecule has 0 fully saturated rings. The molecule has 22 heavy (non-hydrogen) atoms. The van der Waals surface area contributed by atoms with E-state index in [1.807, 2.05) is 38.4 Å². The molecule has 0 bridgehead atoms. The van der Waals surface area contributed by atoms with Crippen LogP contribution in [0.15, 0.2) is 41.3 Å². The van der Waals surface area contributed by atoms with Crippen LogP contribution in [0.25, 0.3) is 0 Å². The third-order valence-corrected chi connectivity index (χ3v) is 4.17. The van der Waals surface area contributed by atoms with Crippen LogP contribution in [0.1, 0.15) is 16.7 Å². The Hall–Kier alpha value is -1.96. The smallest absolute Gasteiger partial charge is 0.132 e. The lowest BCUT2D eigenvalue weighted by molar-refractivity contribution is 0.388. The maximum Gasteiger partial charge on any atom is 0.132 e. The van der Waals surface area contributed by atoms with Crippen molar-refractivity contribution in [1.82, 2.24) is 4.90 Å². The molecule has 0 aliphatic rings. The maximum absolute atomic E-state index is 9.06. The van der Waals surface area contributed by atoms with Crippen molar-refractivity contribution in [1.29, 1.82) is 5.26 Å². The van der Waals surface area contributed by atoms with Gasteiger partial charge in [0.2, 0.25) is 0 Å². The van der Waals surface area contributed by atoms with E-state index in [-0.39, 0.29) is 0 Å². The van der Waals surface area contributed by atoms with E-state index in [4.69, 9.17) is 10.00 Å². The van der Waals surface area contributed by atoms with E-state index in [9.17, 15) is 0 Å². The first-order chi connectivity index (χ1) is 10.5. The molecule has 0 aromatic heterocycles. The van der Waals surface area contributed by atoms with Gasteiger partial charge >= 0.3 is 0 Å². The van der Waals surface area contributed by atoms with Gasteiger partial charge in [-0.3, -0.25) is 0 Å². The van der Waals surface area contributed by atoms with Gasteiger partial charge in [-0.15, -0.1) is 11.8 Å². The molecule has 0 aliphatic heterocycles. The van der Waals surface area contributed by atoms with Gasteiger partial charge in [-0.1, -0.05) is 0 Å². The van der Waals surface area contributed by atoms with Crippen LogP contribution in [0, 0.1) is 18.3 Å². The third kappa shape index (κ3) is 4.03. The lowest BCUT2D eigenvalue weighted by atomic mass is 10.1.